The highest BCUT2D eigenvalue weighted by Crippen LogP contribution is 2.29. The molecule has 0 aromatic rings. The van der Waals surface area contributed by atoms with Gasteiger partial charge in [-0.05, 0) is 57.7 Å². The predicted octanol–water partition coefficient (Wildman–Crippen LogP) is 2.11. The highest BCUT2D eigenvalue weighted by Gasteiger charge is 2.28. The van der Waals surface area contributed by atoms with E-state index in [-0.39, 0.29) is 0 Å². The molecule has 1 aliphatic heterocycles. The van der Waals surface area contributed by atoms with E-state index in [4.69, 9.17) is 0 Å². The van der Waals surface area contributed by atoms with Crippen molar-refractivity contribution >= 4 is 0 Å². The number of hydrogen-bond donors (Lipinski definition) is 1. The lowest BCUT2D eigenvalue weighted by Crippen LogP contribution is -2.41. The topological polar surface area (TPSA) is 15.3 Å². The standard InChI is InChI=1S/C13H26N2/c1-11-5-3-7-13(11)15(2)10-12-6-4-8-14-9-12/h11-14H,3-10H2,1-2H3. The van der Waals surface area contributed by atoms with Crippen molar-refractivity contribution in [1.29, 1.82) is 0 Å². The van der Waals surface area contributed by atoms with E-state index in [2.05, 4.69) is 24.2 Å². The van der Waals surface area contributed by atoms with Crippen LogP contribution in [-0.2, 0) is 0 Å². The van der Waals surface area contributed by atoms with E-state index >= 15 is 0 Å². The molecule has 15 heavy (non-hydrogen) atoms. The maximum atomic E-state index is 3.52. The van der Waals surface area contributed by atoms with Gasteiger partial charge >= 0.3 is 0 Å². The van der Waals surface area contributed by atoms with Gasteiger partial charge in [0.25, 0.3) is 0 Å². The van der Waals surface area contributed by atoms with Crippen LogP contribution in [0.5, 0.6) is 0 Å². The highest BCUT2D eigenvalue weighted by molar-refractivity contribution is 4.83. The summed E-state index contributed by atoms with van der Waals surface area (Å²) in [7, 11) is 2.33. The van der Waals surface area contributed by atoms with Crippen molar-refractivity contribution in [3.05, 3.63) is 0 Å². The van der Waals surface area contributed by atoms with Gasteiger partial charge in [-0.25, -0.2) is 0 Å². The minimum atomic E-state index is 0.868. The molecule has 0 spiro atoms. The monoisotopic (exact) mass is 210 g/mol. The fourth-order valence-electron chi connectivity index (χ4n) is 3.40. The lowest BCUT2D eigenvalue weighted by molar-refractivity contribution is 0.164. The molecule has 1 saturated carbocycles. The first-order chi connectivity index (χ1) is 7.27. The molecule has 1 saturated heterocycles. The Kier molecular flexibility index (Phi) is 4.04. The molecule has 1 N–H and O–H groups in total. The van der Waals surface area contributed by atoms with Gasteiger partial charge in [-0.15, -0.1) is 0 Å². The van der Waals surface area contributed by atoms with E-state index in [1.807, 2.05) is 0 Å². The molecule has 2 heteroatoms. The third-order valence-electron chi connectivity index (χ3n) is 4.33. The van der Waals surface area contributed by atoms with Crippen LogP contribution >= 0.6 is 0 Å². The minimum Gasteiger partial charge on any atom is -0.316 e. The molecular formula is C13H26N2. The second kappa shape index (κ2) is 5.31. The van der Waals surface area contributed by atoms with Crippen molar-refractivity contribution in [3.8, 4) is 0 Å². The molecule has 3 atom stereocenters. The Labute approximate surface area is 94.4 Å². The third kappa shape index (κ3) is 2.94. The van der Waals surface area contributed by atoms with E-state index in [0.29, 0.717) is 0 Å². The number of nitrogens with zero attached hydrogens (tertiary/aromatic N) is 1. The molecule has 0 aromatic heterocycles. The first-order valence-electron chi connectivity index (χ1n) is 6.68. The van der Waals surface area contributed by atoms with Crippen LogP contribution in [0.25, 0.3) is 0 Å². The van der Waals surface area contributed by atoms with E-state index < -0.39 is 0 Å². The van der Waals surface area contributed by atoms with Crippen LogP contribution in [0.2, 0.25) is 0 Å². The molecular weight excluding hydrogens is 184 g/mol. The number of nitrogens with one attached hydrogen (secondary N) is 1. The van der Waals surface area contributed by atoms with Crippen molar-refractivity contribution in [3.63, 3.8) is 0 Å². The molecule has 88 valence electrons. The molecule has 2 fully saturated rings. The van der Waals surface area contributed by atoms with Crippen LogP contribution < -0.4 is 5.32 Å². The van der Waals surface area contributed by atoms with Gasteiger partial charge in [0.05, 0.1) is 0 Å². The first kappa shape index (κ1) is 11.4. The molecule has 0 aromatic carbocycles. The van der Waals surface area contributed by atoms with Gasteiger partial charge in [-0.2, -0.15) is 0 Å². The molecule has 0 bridgehead atoms. The molecule has 2 aliphatic rings. The molecule has 1 heterocycles. The molecule has 0 radical (unpaired) electrons. The smallest absolute Gasteiger partial charge is 0.0118 e. The molecule has 2 rings (SSSR count). The number of piperidine rings is 1. The predicted molar refractivity (Wildman–Crippen MR) is 65.0 cm³/mol. The summed E-state index contributed by atoms with van der Waals surface area (Å²) in [5, 5.41) is 3.52. The average Bonchev–Trinajstić information content (AvgIpc) is 2.66. The lowest BCUT2D eigenvalue weighted by atomic mass is 9.97. The van der Waals surface area contributed by atoms with E-state index in [1.165, 1.54) is 51.7 Å². The Morgan fingerprint density at radius 3 is 2.67 bits per heavy atom. The second-order valence-corrected chi connectivity index (χ2v) is 5.63. The van der Waals surface area contributed by atoms with Crippen molar-refractivity contribution < 1.29 is 0 Å². The normalized spacial score (nSPS) is 37.4. The van der Waals surface area contributed by atoms with E-state index in [0.717, 1.165) is 17.9 Å². The first-order valence-corrected chi connectivity index (χ1v) is 6.68. The summed E-state index contributed by atoms with van der Waals surface area (Å²) in [5.41, 5.74) is 0. The summed E-state index contributed by atoms with van der Waals surface area (Å²) in [5.74, 6) is 1.82. The largest absolute Gasteiger partial charge is 0.316 e. The zero-order valence-electron chi connectivity index (χ0n) is 10.3. The second-order valence-electron chi connectivity index (χ2n) is 5.63. The van der Waals surface area contributed by atoms with Gasteiger partial charge in [0.15, 0.2) is 0 Å². The van der Waals surface area contributed by atoms with Gasteiger partial charge < -0.3 is 10.2 Å². The Hall–Kier alpha value is -0.0800. The third-order valence-corrected chi connectivity index (χ3v) is 4.33. The summed E-state index contributed by atoms with van der Waals surface area (Å²) < 4.78 is 0. The lowest BCUT2D eigenvalue weighted by Gasteiger charge is -2.33. The summed E-state index contributed by atoms with van der Waals surface area (Å²) in [6.07, 6.45) is 7.12. The molecule has 0 amide bonds. The minimum absolute atomic E-state index is 0.868. The fraction of sp³-hybridized carbons (Fsp3) is 1.00. The summed E-state index contributed by atoms with van der Waals surface area (Å²) >= 11 is 0. The van der Waals surface area contributed by atoms with Gasteiger partial charge in [-0.3, -0.25) is 0 Å². The van der Waals surface area contributed by atoms with Crippen LogP contribution in [0, 0.1) is 11.8 Å². The van der Waals surface area contributed by atoms with Gasteiger partial charge in [0.2, 0.25) is 0 Å². The van der Waals surface area contributed by atoms with E-state index in [9.17, 15) is 0 Å². The van der Waals surface area contributed by atoms with Gasteiger partial charge in [0.1, 0.15) is 0 Å². The molecule has 2 nitrogen and oxygen atoms in total. The number of hydrogen-bond acceptors (Lipinski definition) is 2. The van der Waals surface area contributed by atoms with Crippen LogP contribution in [-0.4, -0.2) is 37.6 Å². The maximum absolute atomic E-state index is 3.52. The van der Waals surface area contributed by atoms with Crippen LogP contribution in [0.3, 0.4) is 0 Å². The van der Waals surface area contributed by atoms with Crippen LogP contribution in [0.15, 0.2) is 0 Å². The van der Waals surface area contributed by atoms with Crippen molar-refractivity contribution in [2.45, 2.75) is 45.1 Å². The number of rotatable bonds is 3. The zero-order valence-corrected chi connectivity index (χ0v) is 10.3. The molecule has 3 unspecified atom stereocenters. The SMILES string of the molecule is CC1CCCC1N(C)CC1CCCNC1. The van der Waals surface area contributed by atoms with Crippen molar-refractivity contribution in [1.82, 2.24) is 10.2 Å². The Morgan fingerprint density at radius 1 is 1.20 bits per heavy atom. The van der Waals surface area contributed by atoms with Crippen molar-refractivity contribution in [2.24, 2.45) is 11.8 Å². The maximum Gasteiger partial charge on any atom is 0.0118 e. The van der Waals surface area contributed by atoms with Crippen LogP contribution in [0.1, 0.15) is 39.0 Å². The highest BCUT2D eigenvalue weighted by atomic mass is 15.1. The summed E-state index contributed by atoms with van der Waals surface area (Å²) in [6.45, 7) is 6.21. The Balaban J connectivity index is 1.77. The zero-order chi connectivity index (χ0) is 10.7. The average molecular weight is 210 g/mol. The Morgan fingerprint density at radius 2 is 2.07 bits per heavy atom. The summed E-state index contributed by atoms with van der Waals surface area (Å²) in [6, 6.07) is 0.868. The fourth-order valence-corrected chi connectivity index (χ4v) is 3.40. The van der Waals surface area contributed by atoms with Crippen molar-refractivity contribution in [2.75, 3.05) is 26.7 Å². The van der Waals surface area contributed by atoms with Gasteiger partial charge in [0, 0.05) is 12.6 Å². The van der Waals surface area contributed by atoms with Crippen LogP contribution in [0.4, 0.5) is 0 Å². The Bertz CT molecular complexity index is 187. The van der Waals surface area contributed by atoms with Gasteiger partial charge in [-0.1, -0.05) is 13.3 Å². The van der Waals surface area contributed by atoms with E-state index in [1.54, 1.807) is 0 Å². The molecule has 1 aliphatic carbocycles. The summed E-state index contributed by atoms with van der Waals surface area (Å²) in [4.78, 5) is 2.63. The quantitative estimate of drug-likeness (QED) is 0.767.